The van der Waals surface area contributed by atoms with Crippen molar-refractivity contribution in [2.45, 2.75) is 6.42 Å². The molecule has 6 atom stereocenters. The van der Waals surface area contributed by atoms with E-state index in [1.165, 1.54) is 48.5 Å². The molecule has 47 heavy (non-hydrogen) atoms. The van der Waals surface area contributed by atoms with Crippen molar-refractivity contribution in [2.24, 2.45) is 35.5 Å². The molecule has 3 fully saturated rings. The van der Waals surface area contributed by atoms with Crippen LogP contribution in [0.15, 0.2) is 84.9 Å². The number of esters is 1. The molecular formula is C33H24N4O10. The van der Waals surface area contributed by atoms with Gasteiger partial charge in [0.2, 0.25) is 0 Å². The van der Waals surface area contributed by atoms with Gasteiger partial charge in [-0.2, -0.15) is 5.01 Å². The lowest BCUT2D eigenvalue weighted by Gasteiger charge is -2.37. The van der Waals surface area contributed by atoms with Crippen LogP contribution in [-0.4, -0.2) is 55.9 Å². The summed E-state index contributed by atoms with van der Waals surface area (Å²) in [4.78, 5) is 88.4. The maximum atomic E-state index is 13.9. The van der Waals surface area contributed by atoms with Gasteiger partial charge in [0.1, 0.15) is 12.3 Å². The Morgan fingerprint density at radius 2 is 1.19 bits per heavy atom. The van der Waals surface area contributed by atoms with E-state index >= 15 is 0 Å². The smallest absolute Gasteiger partial charge is 0.343 e. The fraction of sp³-hybridized carbons (Fsp3) is 0.242. The Morgan fingerprint density at radius 3 is 1.68 bits per heavy atom. The van der Waals surface area contributed by atoms with Crippen LogP contribution >= 0.6 is 0 Å². The second kappa shape index (κ2) is 11.1. The number of ketones is 1. The lowest BCUT2D eigenvalue weighted by Crippen LogP contribution is -2.52. The topological polar surface area (TPSA) is 187 Å². The van der Waals surface area contributed by atoms with E-state index in [0.29, 0.717) is 11.8 Å². The minimum atomic E-state index is -0.854. The highest BCUT2D eigenvalue weighted by Crippen LogP contribution is 2.65. The zero-order valence-corrected chi connectivity index (χ0v) is 24.3. The van der Waals surface area contributed by atoms with Crippen molar-refractivity contribution >= 4 is 40.8 Å². The quantitative estimate of drug-likeness (QED) is 0.0631. The SMILES string of the molecule is O=C(CN(C(=O)c1ccc([N+](=O)[O-])cc1)N1C(=O)[C@@H]2[C@H]3C=C[C@@H]([C@@H]4C[C@@H]34)[C@H]2C1=O)c1ccc(OC(=O)c2ccc([N+](=O)[O-])cc2)cc1. The zero-order chi connectivity index (χ0) is 33.1. The molecule has 14 heteroatoms. The number of benzene rings is 3. The fourth-order valence-corrected chi connectivity index (χ4v) is 7.11. The molecule has 8 rings (SSSR count). The maximum absolute atomic E-state index is 13.9. The van der Waals surface area contributed by atoms with Gasteiger partial charge < -0.3 is 4.74 Å². The molecule has 0 N–H and O–H groups in total. The Balaban J connectivity index is 1.12. The van der Waals surface area contributed by atoms with Gasteiger partial charge in [0.15, 0.2) is 5.78 Å². The molecule has 1 aliphatic heterocycles. The summed E-state index contributed by atoms with van der Waals surface area (Å²) < 4.78 is 5.30. The van der Waals surface area contributed by atoms with Crippen LogP contribution in [0.1, 0.15) is 37.5 Å². The Labute approximate surface area is 265 Å². The molecule has 14 nitrogen and oxygen atoms in total. The number of nitro groups is 2. The van der Waals surface area contributed by atoms with Gasteiger partial charge in [-0.15, -0.1) is 0 Å². The number of carbonyl (C=O) groups excluding carboxylic acids is 5. The highest BCUT2D eigenvalue weighted by atomic mass is 16.6. The van der Waals surface area contributed by atoms with Crippen molar-refractivity contribution in [2.75, 3.05) is 6.54 Å². The van der Waals surface area contributed by atoms with Crippen LogP contribution in [0.2, 0.25) is 0 Å². The van der Waals surface area contributed by atoms with Crippen molar-refractivity contribution in [3.05, 3.63) is 122 Å². The molecule has 0 spiro atoms. The number of nitrogens with zero attached hydrogens (tertiary/aromatic N) is 4. The molecular weight excluding hydrogens is 612 g/mol. The second-order valence-electron chi connectivity index (χ2n) is 12.0. The maximum Gasteiger partial charge on any atom is 0.343 e. The summed E-state index contributed by atoms with van der Waals surface area (Å²) in [7, 11) is 0. The first-order chi connectivity index (χ1) is 22.5. The number of imide groups is 1. The van der Waals surface area contributed by atoms with Gasteiger partial charge in [0.25, 0.3) is 29.1 Å². The van der Waals surface area contributed by atoms with Crippen LogP contribution in [-0.2, 0) is 9.59 Å². The molecule has 3 aromatic rings. The molecule has 2 bridgehead atoms. The number of ether oxygens (including phenoxy) is 1. The number of hydrogen-bond donors (Lipinski definition) is 0. The minimum absolute atomic E-state index is 0.0590. The van der Waals surface area contributed by atoms with Gasteiger partial charge in [0, 0.05) is 35.4 Å². The molecule has 0 aromatic heterocycles. The molecule has 2 saturated carbocycles. The molecule has 5 aliphatic rings. The van der Waals surface area contributed by atoms with Gasteiger partial charge in [-0.1, -0.05) is 12.2 Å². The lowest BCUT2D eigenvalue weighted by molar-refractivity contribution is -0.385. The van der Waals surface area contributed by atoms with E-state index in [4.69, 9.17) is 4.74 Å². The van der Waals surface area contributed by atoms with Crippen LogP contribution in [0.4, 0.5) is 11.4 Å². The summed E-state index contributed by atoms with van der Waals surface area (Å²) in [5.41, 5.74) is -0.364. The van der Waals surface area contributed by atoms with Gasteiger partial charge in [-0.3, -0.25) is 39.4 Å². The summed E-state index contributed by atoms with van der Waals surface area (Å²) in [5, 5.41) is 23.6. The molecule has 1 saturated heterocycles. The molecule has 3 amide bonds. The number of nitro benzene ring substituents is 2. The van der Waals surface area contributed by atoms with Gasteiger partial charge in [-0.05, 0) is 78.6 Å². The lowest BCUT2D eigenvalue weighted by atomic mass is 9.63. The van der Waals surface area contributed by atoms with Crippen LogP contribution in [0.25, 0.3) is 0 Å². The van der Waals surface area contributed by atoms with Crippen molar-refractivity contribution in [3.63, 3.8) is 0 Å². The molecule has 0 unspecified atom stereocenters. The van der Waals surface area contributed by atoms with Crippen LogP contribution in [0.5, 0.6) is 5.75 Å². The molecule has 3 aromatic carbocycles. The predicted molar refractivity (Wildman–Crippen MR) is 160 cm³/mol. The summed E-state index contributed by atoms with van der Waals surface area (Å²) in [6.07, 6.45) is 4.91. The Bertz CT molecular complexity index is 1870. The standard InChI is InChI=1S/C33H24N4O10/c38-27(17-5-11-22(12-6-17)47-33(42)19-3-9-21(10-4-19)37(45)46)16-34(30(39)18-1-7-20(8-2-18)36(43)44)35-31(40)28-23-13-14-24(26-15-25(23)26)29(28)32(35)41/h1-14,23-26,28-29H,15-16H2/t23-,24-,25-,26-,28+,29+/m0/s1. The van der Waals surface area contributed by atoms with Crippen molar-refractivity contribution in [1.29, 1.82) is 0 Å². The number of rotatable bonds is 9. The highest BCUT2D eigenvalue weighted by molar-refractivity contribution is 6.10. The number of carbonyl (C=O) groups is 5. The van der Waals surface area contributed by atoms with E-state index in [1.807, 2.05) is 12.2 Å². The van der Waals surface area contributed by atoms with Crippen LogP contribution in [0.3, 0.4) is 0 Å². The first-order valence-electron chi connectivity index (χ1n) is 14.8. The second-order valence-corrected chi connectivity index (χ2v) is 12.0. The third-order valence-electron chi connectivity index (χ3n) is 9.43. The average Bonchev–Trinajstić information content (AvgIpc) is 3.86. The Morgan fingerprint density at radius 1 is 0.723 bits per heavy atom. The summed E-state index contributed by atoms with van der Waals surface area (Å²) in [6, 6.07) is 14.8. The van der Waals surface area contributed by atoms with E-state index in [-0.39, 0.29) is 45.7 Å². The van der Waals surface area contributed by atoms with E-state index in [1.54, 1.807) is 0 Å². The monoisotopic (exact) mass is 636 g/mol. The highest BCUT2D eigenvalue weighted by Gasteiger charge is 2.68. The van der Waals surface area contributed by atoms with Crippen molar-refractivity contribution in [1.82, 2.24) is 10.0 Å². The number of hydrogen-bond acceptors (Lipinski definition) is 10. The Hall–Kier alpha value is -6.05. The first-order valence-corrected chi connectivity index (χ1v) is 14.8. The number of allylic oxidation sites excluding steroid dienone is 2. The van der Waals surface area contributed by atoms with Crippen LogP contribution < -0.4 is 4.74 Å². The van der Waals surface area contributed by atoms with Gasteiger partial charge in [-0.25, -0.2) is 9.80 Å². The molecule has 236 valence electrons. The minimum Gasteiger partial charge on any atom is -0.423 e. The largest absolute Gasteiger partial charge is 0.423 e. The third kappa shape index (κ3) is 5.03. The van der Waals surface area contributed by atoms with Gasteiger partial charge in [0.05, 0.1) is 27.2 Å². The van der Waals surface area contributed by atoms with Crippen molar-refractivity contribution in [3.8, 4) is 5.75 Å². The zero-order valence-electron chi connectivity index (χ0n) is 24.3. The third-order valence-corrected chi connectivity index (χ3v) is 9.43. The predicted octanol–water partition coefficient (Wildman–Crippen LogP) is 4.02. The number of Topliss-reactive ketones (excluding diaryl/α,β-unsaturated/α-hetero) is 1. The van der Waals surface area contributed by atoms with E-state index in [2.05, 4.69) is 0 Å². The number of hydrazine groups is 1. The number of non-ortho nitro benzene ring substituents is 2. The summed E-state index contributed by atoms with van der Waals surface area (Å²) in [6.45, 7) is -0.690. The first kappa shape index (κ1) is 29.6. The van der Waals surface area contributed by atoms with Crippen LogP contribution in [0, 0.1) is 55.7 Å². The Kier molecular flexibility index (Phi) is 6.99. The van der Waals surface area contributed by atoms with Gasteiger partial charge >= 0.3 is 5.97 Å². The van der Waals surface area contributed by atoms with Crippen molar-refractivity contribution < 1.29 is 38.6 Å². The molecule has 1 heterocycles. The summed E-state index contributed by atoms with van der Waals surface area (Å²) in [5.74, 6) is -4.18. The van der Waals surface area contributed by atoms with E-state index in [0.717, 1.165) is 40.7 Å². The normalized spacial score (nSPS) is 24.7. The van der Waals surface area contributed by atoms with E-state index in [9.17, 15) is 44.2 Å². The summed E-state index contributed by atoms with van der Waals surface area (Å²) >= 11 is 0. The molecule has 0 radical (unpaired) electrons. The fourth-order valence-electron chi connectivity index (χ4n) is 7.11. The van der Waals surface area contributed by atoms with E-state index < -0.39 is 57.7 Å². The average molecular weight is 637 g/mol. The number of amides is 3. The molecule has 4 aliphatic carbocycles.